The fourth-order valence-electron chi connectivity index (χ4n) is 1.79. The molecule has 0 aliphatic rings. The Kier molecular flexibility index (Phi) is 5.27. The number of ether oxygens (including phenoxy) is 1. The zero-order valence-corrected chi connectivity index (χ0v) is 14.3. The van der Waals surface area contributed by atoms with Gasteiger partial charge in [-0.2, -0.15) is 0 Å². The van der Waals surface area contributed by atoms with Crippen molar-refractivity contribution in [3.8, 4) is 0 Å². The zero-order valence-electron chi connectivity index (χ0n) is 11.1. The van der Waals surface area contributed by atoms with Gasteiger partial charge >= 0.3 is 0 Å². The molecule has 2 aromatic carbocycles. The van der Waals surface area contributed by atoms with Crippen molar-refractivity contribution in [2.24, 2.45) is 0 Å². The van der Waals surface area contributed by atoms with Crippen molar-refractivity contribution in [3.63, 3.8) is 0 Å². The van der Waals surface area contributed by atoms with Gasteiger partial charge in [0.1, 0.15) is 4.90 Å². The Hall–Kier alpha value is -1.08. The summed E-state index contributed by atoms with van der Waals surface area (Å²) in [6.45, 7) is 0.312. The molecule has 0 aliphatic carbocycles. The Morgan fingerprint density at radius 1 is 1.24 bits per heavy atom. The maximum Gasteiger partial charge on any atom is 0.263 e. The fraction of sp³-hybridized carbons (Fsp3) is 0.143. The van der Waals surface area contributed by atoms with Gasteiger partial charge < -0.3 is 4.74 Å². The molecule has 0 heterocycles. The van der Waals surface area contributed by atoms with Gasteiger partial charge in [-0.1, -0.05) is 45.7 Å². The summed E-state index contributed by atoms with van der Waals surface area (Å²) in [6, 6.07) is 11.7. The largest absolute Gasteiger partial charge is 0.380 e. The van der Waals surface area contributed by atoms with Gasteiger partial charge in [-0.3, -0.25) is 4.72 Å². The van der Waals surface area contributed by atoms with Gasteiger partial charge in [0.15, 0.2) is 0 Å². The maximum absolute atomic E-state index is 12.4. The Morgan fingerprint density at radius 2 is 1.95 bits per heavy atom. The van der Waals surface area contributed by atoms with Crippen LogP contribution in [0, 0.1) is 0 Å². The molecule has 4 nitrogen and oxygen atoms in total. The Morgan fingerprint density at radius 3 is 2.62 bits per heavy atom. The summed E-state index contributed by atoms with van der Waals surface area (Å²) in [7, 11) is -2.21. The van der Waals surface area contributed by atoms with E-state index in [2.05, 4.69) is 20.7 Å². The summed E-state index contributed by atoms with van der Waals surface area (Å²) in [5.41, 5.74) is 1.22. The first-order chi connectivity index (χ1) is 9.94. The van der Waals surface area contributed by atoms with Gasteiger partial charge in [0.25, 0.3) is 10.0 Å². The van der Waals surface area contributed by atoms with E-state index in [1.807, 2.05) is 6.07 Å². The van der Waals surface area contributed by atoms with Crippen LogP contribution in [0.1, 0.15) is 5.56 Å². The van der Waals surface area contributed by atoms with Crippen LogP contribution in [0.2, 0.25) is 5.02 Å². The van der Waals surface area contributed by atoms with Crippen molar-refractivity contribution in [1.29, 1.82) is 0 Å². The van der Waals surface area contributed by atoms with Crippen LogP contribution in [-0.2, 0) is 21.4 Å². The van der Waals surface area contributed by atoms with Crippen LogP contribution >= 0.6 is 27.5 Å². The molecule has 0 unspecified atom stereocenters. The van der Waals surface area contributed by atoms with Crippen LogP contribution in [-0.4, -0.2) is 15.5 Å². The molecule has 112 valence electrons. The number of methoxy groups -OCH3 is 1. The number of hydrogen-bond donors (Lipinski definition) is 1. The van der Waals surface area contributed by atoms with Crippen molar-refractivity contribution in [2.75, 3.05) is 11.8 Å². The Bertz CT molecular complexity index is 750. The predicted octanol–water partition coefficient (Wildman–Crippen LogP) is 4.05. The molecule has 0 amide bonds. The van der Waals surface area contributed by atoms with Gasteiger partial charge in [-0.25, -0.2) is 8.42 Å². The SMILES string of the molecule is COCc1ccccc1NS(=O)(=O)c1ccc(Br)cc1Cl. The monoisotopic (exact) mass is 389 g/mol. The second kappa shape index (κ2) is 6.79. The zero-order chi connectivity index (χ0) is 15.5. The molecule has 1 N–H and O–H groups in total. The van der Waals surface area contributed by atoms with Crippen LogP contribution in [0.4, 0.5) is 5.69 Å². The molecule has 0 aliphatic heterocycles. The molecule has 7 heteroatoms. The van der Waals surface area contributed by atoms with Crippen molar-refractivity contribution < 1.29 is 13.2 Å². The van der Waals surface area contributed by atoms with E-state index in [4.69, 9.17) is 16.3 Å². The molecule has 2 aromatic rings. The molecule has 21 heavy (non-hydrogen) atoms. The third-order valence-corrected chi connectivity index (χ3v) is 5.09. The quantitative estimate of drug-likeness (QED) is 0.838. The average Bonchev–Trinajstić information content (AvgIpc) is 2.40. The standard InChI is InChI=1S/C14H13BrClNO3S/c1-20-9-10-4-2-3-5-13(10)17-21(18,19)14-7-6-11(15)8-12(14)16/h2-8,17H,9H2,1H3. The smallest absolute Gasteiger partial charge is 0.263 e. The van der Waals surface area contributed by atoms with Crippen molar-refractivity contribution in [3.05, 3.63) is 57.5 Å². The van der Waals surface area contributed by atoms with E-state index in [1.165, 1.54) is 12.1 Å². The van der Waals surface area contributed by atoms with Gasteiger partial charge in [0.05, 0.1) is 17.3 Å². The molecular formula is C14H13BrClNO3S. The molecule has 2 rings (SSSR count). The molecule has 0 radical (unpaired) electrons. The lowest BCUT2D eigenvalue weighted by molar-refractivity contribution is 0.185. The topological polar surface area (TPSA) is 55.4 Å². The van der Waals surface area contributed by atoms with E-state index < -0.39 is 10.0 Å². The second-order valence-corrected chi connectivity index (χ2v) is 7.24. The van der Waals surface area contributed by atoms with Gasteiger partial charge in [0.2, 0.25) is 0 Å². The fourth-order valence-corrected chi connectivity index (χ4v) is 3.93. The lowest BCUT2D eigenvalue weighted by Gasteiger charge is -2.13. The minimum absolute atomic E-state index is 0.0274. The number of sulfonamides is 1. The summed E-state index contributed by atoms with van der Waals surface area (Å²) in [5.74, 6) is 0. The Labute approximate surface area is 137 Å². The molecular weight excluding hydrogens is 378 g/mol. The molecule has 0 aromatic heterocycles. The molecule has 0 saturated heterocycles. The minimum atomic E-state index is -3.76. The average molecular weight is 391 g/mol. The molecule has 0 atom stereocenters. The van der Waals surface area contributed by atoms with E-state index in [0.717, 1.165) is 5.56 Å². The minimum Gasteiger partial charge on any atom is -0.380 e. The summed E-state index contributed by atoms with van der Waals surface area (Å²) in [6.07, 6.45) is 0. The molecule has 0 bridgehead atoms. The van der Waals surface area contributed by atoms with E-state index in [-0.39, 0.29) is 9.92 Å². The van der Waals surface area contributed by atoms with Gasteiger partial charge in [0, 0.05) is 17.1 Å². The van der Waals surface area contributed by atoms with Crippen molar-refractivity contribution in [1.82, 2.24) is 0 Å². The Balaban J connectivity index is 2.38. The second-order valence-electron chi connectivity index (χ2n) is 4.27. The summed E-state index contributed by atoms with van der Waals surface area (Å²) < 4.78 is 33.2. The van der Waals surface area contributed by atoms with E-state index in [0.29, 0.717) is 16.8 Å². The number of halogens is 2. The highest BCUT2D eigenvalue weighted by atomic mass is 79.9. The van der Waals surface area contributed by atoms with Crippen molar-refractivity contribution >= 4 is 43.2 Å². The summed E-state index contributed by atoms with van der Waals surface area (Å²) >= 11 is 9.25. The highest BCUT2D eigenvalue weighted by molar-refractivity contribution is 9.10. The van der Waals surface area contributed by atoms with E-state index >= 15 is 0 Å². The number of rotatable bonds is 5. The van der Waals surface area contributed by atoms with Crippen molar-refractivity contribution in [2.45, 2.75) is 11.5 Å². The number of nitrogens with one attached hydrogen (secondary N) is 1. The summed E-state index contributed by atoms with van der Waals surface area (Å²) in [5, 5.41) is 0.154. The van der Waals surface area contributed by atoms with Crippen LogP contribution in [0.5, 0.6) is 0 Å². The van der Waals surface area contributed by atoms with Crippen LogP contribution < -0.4 is 4.72 Å². The summed E-state index contributed by atoms with van der Waals surface area (Å²) in [4.78, 5) is 0.0274. The molecule has 0 fully saturated rings. The number of benzene rings is 2. The first-order valence-corrected chi connectivity index (χ1v) is 8.64. The third-order valence-electron chi connectivity index (χ3n) is 2.74. The molecule has 0 saturated carbocycles. The maximum atomic E-state index is 12.4. The molecule has 0 spiro atoms. The lowest BCUT2D eigenvalue weighted by Crippen LogP contribution is -2.15. The number of anilines is 1. The lowest BCUT2D eigenvalue weighted by atomic mass is 10.2. The first kappa shape index (κ1) is 16.3. The predicted molar refractivity (Wildman–Crippen MR) is 87.1 cm³/mol. The van der Waals surface area contributed by atoms with Gasteiger partial charge in [-0.15, -0.1) is 0 Å². The highest BCUT2D eigenvalue weighted by Crippen LogP contribution is 2.28. The van der Waals surface area contributed by atoms with Crippen LogP contribution in [0.15, 0.2) is 51.8 Å². The first-order valence-electron chi connectivity index (χ1n) is 5.99. The number of para-hydroxylation sites is 1. The van der Waals surface area contributed by atoms with Gasteiger partial charge in [-0.05, 0) is 24.3 Å². The van der Waals surface area contributed by atoms with Crippen LogP contribution in [0.25, 0.3) is 0 Å². The third kappa shape index (κ3) is 3.97. The van der Waals surface area contributed by atoms with E-state index in [9.17, 15) is 8.42 Å². The highest BCUT2D eigenvalue weighted by Gasteiger charge is 2.19. The van der Waals surface area contributed by atoms with E-state index in [1.54, 1.807) is 31.4 Å². The van der Waals surface area contributed by atoms with Crippen LogP contribution in [0.3, 0.4) is 0 Å². The normalized spacial score (nSPS) is 11.4. The number of hydrogen-bond acceptors (Lipinski definition) is 3.